The highest BCUT2D eigenvalue weighted by atomic mass is 35.5. The summed E-state index contributed by atoms with van der Waals surface area (Å²) in [6.07, 6.45) is 0. The van der Waals surface area contributed by atoms with Crippen LogP contribution in [0.15, 0.2) is 48.5 Å². The second kappa shape index (κ2) is 7.29. The maximum Gasteiger partial charge on any atom is 0.244 e. The third kappa shape index (κ3) is 4.23. The minimum Gasteiger partial charge on any atom is -0.324 e. The van der Waals surface area contributed by atoms with Gasteiger partial charge in [-0.25, -0.2) is 0 Å². The quantitative estimate of drug-likeness (QED) is 0.917. The van der Waals surface area contributed by atoms with Crippen molar-refractivity contribution >= 4 is 46.4 Å². The Balaban J connectivity index is 2.13. The normalized spacial score (nSPS) is 10.1. The number of anilines is 2. The molecular weight excluding hydrogens is 323 g/mol. The first-order valence-electron chi connectivity index (χ1n) is 6.55. The molecule has 2 rings (SSSR count). The van der Waals surface area contributed by atoms with Crippen molar-refractivity contribution in [3.63, 3.8) is 0 Å². The minimum atomic E-state index is -0.336. The van der Waals surface area contributed by atoms with E-state index in [0.717, 1.165) is 0 Å². The number of amides is 2. The van der Waals surface area contributed by atoms with E-state index in [-0.39, 0.29) is 18.4 Å². The first kappa shape index (κ1) is 16.3. The molecule has 2 aromatic rings. The molecule has 0 radical (unpaired) electrons. The van der Waals surface area contributed by atoms with Gasteiger partial charge in [0.05, 0.1) is 10.7 Å². The number of halogens is 2. The fourth-order valence-electron chi connectivity index (χ4n) is 1.95. The molecule has 0 fully saturated rings. The van der Waals surface area contributed by atoms with Crippen molar-refractivity contribution in [2.75, 3.05) is 16.8 Å². The number of benzene rings is 2. The van der Waals surface area contributed by atoms with E-state index in [4.69, 9.17) is 23.2 Å². The standard InChI is InChI=1S/C16H14Cl2N2O2/c1-11(21)20(15-8-3-2-7-14(15)18)10-16(22)19-13-6-4-5-12(17)9-13/h2-9H,10H2,1H3,(H,19,22). The monoisotopic (exact) mass is 336 g/mol. The lowest BCUT2D eigenvalue weighted by molar-refractivity contribution is -0.120. The highest BCUT2D eigenvalue weighted by Gasteiger charge is 2.18. The van der Waals surface area contributed by atoms with Gasteiger partial charge in [-0.2, -0.15) is 0 Å². The third-order valence-corrected chi connectivity index (χ3v) is 3.49. The van der Waals surface area contributed by atoms with E-state index in [1.807, 2.05) is 0 Å². The zero-order valence-corrected chi connectivity index (χ0v) is 13.4. The van der Waals surface area contributed by atoms with Crippen molar-refractivity contribution in [3.8, 4) is 0 Å². The lowest BCUT2D eigenvalue weighted by Gasteiger charge is -2.21. The minimum absolute atomic E-state index is 0.133. The second-order valence-corrected chi connectivity index (χ2v) is 5.46. The molecule has 0 saturated heterocycles. The number of nitrogens with one attached hydrogen (secondary N) is 1. The van der Waals surface area contributed by atoms with Gasteiger partial charge in [0.25, 0.3) is 0 Å². The Bertz CT molecular complexity index is 704. The SMILES string of the molecule is CC(=O)N(CC(=O)Nc1cccc(Cl)c1)c1ccccc1Cl. The topological polar surface area (TPSA) is 49.4 Å². The lowest BCUT2D eigenvalue weighted by Crippen LogP contribution is -2.36. The number of para-hydroxylation sites is 1. The molecule has 6 heteroatoms. The van der Waals surface area contributed by atoms with Crippen LogP contribution in [-0.4, -0.2) is 18.4 Å². The first-order chi connectivity index (χ1) is 10.5. The molecule has 4 nitrogen and oxygen atoms in total. The molecule has 0 bridgehead atoms. The predicted molar refractivity (Wildman–Crippen MR) is 89.6 cm³/mol. The largest absolute Gasteiger partial charge is 0.324 e. The molecular formula is C16H14Cl2N2O2. The molecule has 0 saturated carbocycles. The van der Waals surface area contributed by atoms with Crippen molar-refractivity contribution < 1.29 is 9.59 Å². The van der Waals surface area contributed by atoms with Crippen LogP contribution in [0, 0.1) is 0 Å². The van der Waals surface area contributed by atoms with Crippen molar-refractivity contribution in [2.24, 2.45) is 0 Å². The summed E-state index contributed by atoms with van der Waals surface area (Å²) in [6.45, 7) is 1.25. The Morgan fingerprint density at radius 3 is 2.45 bits per heavy atom. The fraction of sp³-hybridized carbons (Fsp3) is 0.125. The maximum atomic E-state index is 12.1. The number of carbonyl (C=O) groups excluding carboxylic acids is 2. The summed E-state index contributed by atoms with van der Waals surface area (Å²) in [5.74, 6) is -0.605. The number of carbonyl (C=O) groups is 2. The molecule has 0 aromatic heterocycles. The van der Waals surface area contributed by atoms with E-state index in [0.29, 0.717) is 21.4 Å². The number of hydrogen-bond acceptors (Lipinski definition) is 2. The van der Waals surface area contributed by atoms with Crippen LogP contribution in [0.3, 0.4) is 0 Å². The average molecular weight is 337 g/mol. The molecule has 0 aliphatic carbocycles. The zero-order chi connectivity index (χ0) is 16.1. The van der Waals surface area contributed by atoms with Crippen LogP contribution in [0.2, 0.25) is 10.0 Å². The van der Waals surface area contributed by atoms with Crippen LogP contribution in [0.4, 0.5) is 11.4 Å². The Hall–Kier alpha value is -2.04. The molecule has 0 unspecified atom stereocenters. The molecule has 114 valence electrons. The van der Waals surface area contributed by atoms with Crippen LogP contribution in [-0.2, 0) is 9.59 Å². The van der Waals surface area contributed by atoms with Crippen LogP contribution in [0.1, 0.15) is 6.92 Å². The summed E-state index contributed by atoms with van der Waals surface area (Å²) in [4.78, 5) is 25.3. The summed E-state index contributed by atoms with van der Waals surface area (Å²) in [5, 5.41) is 3.63. The van der Waals surface area contributed by atoms with Crippen LogP contribution >= 0.6 is 23.2 Å². The summed E-state index contributed by atoms with van der Waals surface area (Å²) < 4.78 is 0. The highest BCUT2D eigenvalue weighted by molar-refractivity contribution is 6.34. The average Bonchev–Trinajstić information content (AvgIpc) is 2.45. The van der Waals surface area contributed by atoms with Gasteiger partial charge in [-0.1, -0.05) is 41.4 Å². The summed E-state index contributed by atoms with van der Waals surface area (Å²) in [6, 6.07) is 13.7. The Kier molecular flexibility index (Phi) is 5.41. The fourth-order valence-corrected chi connectivity index (χ4v) is 2.38. The molecule has 1 N–H and O–H groups in total. The maximum absolute atomic E-state index is 12.1. The van der Waals surface area contributed by atoms with E-state index in [2.05, 4.69) is 5.32 Å². The first-order valence-corrected chi connectivity index (χ1v) is 7.31. The molecule has 22 heavy (non-hydrogen) atoms. The summed E-state index contributed by atoms with van der Waals surface area (Å²) >= 11 is 12.0. The zero-order valence-electron chi connectivity index (χ0n) is 11.8. The van der Waals surface area contributed by atoms with Crippen molar-refractivity contribution in [2.45, 2.75) is 6.92 Å². The molecule has 2 aromatic carbocycles. The number of nitrogens with zero attached hydrogens (tertiary/aromatic N) is 1. The Morgan fingerprint density at radius 1 is 1.09 bits per heavy atom. The van der Waals surface area contributed by atoms with Crippen LogP contribution in [0.25, 0.3) is 0 Å². The highest BCUT2D eigenvalue weighted by Crippen LogP contribution is 2.25. The third-order valence-electron chi connectivity index (χ3n) is 2.93. The van der Waals surface area contributed by atoms with E-state index in [9.17, 15) is 9.59 Å². The summed E-state index contributed by atoms with van der Waals surface area (Å²) in [7, 11) is 0. The van der Waals surface area contributed by atoms with Gasteiger partial charge in [0.2, 0.25) is 11.8 Å². The lowest BCUT2D eigenvalue weighted by atomic mass is 10.2. The van der Waals surface area contributed by atoms with Gasteiger partial charge in [0.1, 0.15) is 6.54 Å². The smallest absolute Gasteiger partial charge is 0.244 e. The van der Waals surface area contributed by atoms with Gasteiger partial charge in [0, 0.05) is 17.6 Å². The van der Waals surface area contributed by atoms with E-state index < -0.39 is 0 Å². The molecule has 0 aliphatic rings. The van der Waals surface area contributed by atoms with Gasteiger partial charge >= 0.3 is 0 Å². The van der Waals surface area contributed by atoms with Gasteiger partial charge in [-0.3, -0.25) is 9.59 Å². The molecule has 0 atom stereocenters. The molecule has 0 aliphatic heterocycles. The van der Waals surface area contributed by atoms with E-state index in [1.165, 1.54) is 11.8 Å². The van der Waals surface area contributed by atoms with Gasteiger partial charge < -0.3 is 10.2 Å². The number of hydrogen-bond donors (Lipinski definition) is 1. The van der Waals surface area contributed by atoms with Crippen LogP contribution in [0.5, 0.6) is 0 Å². The molecule has 2 amide bonds. The predicted octanol–water partition coefficient (Wildman–Crippen LogP) is 3.99. The van der Waals surface area contributed by atoms with Crippen molar-refractivity contribution in [1.82, 2.24) is 0 Å². The molecule has 0 heterocycles. The van der Waals surface area contributed by atoms with E-state index in [1.54, 1.807) is 48.5 Å². The molecule has 0 spiro atoms. The Labute approximate surface area is 138 Å². The van der Waals surface area contributed by atoms with Crippen molar-refractivity contribution in [1.29, 1.82) is 0 Å². The number of rotatable bonds is 4. The van der Waals surface area contributed by atoms with Gasteiger partial charge in [0.15, 0.2) is 0 Å². The summed E-state index contributed by atoms with van der Waals surface area (Å²) in [5.41, 5.74) is 1.07. The van der Waals surface area contributed by atoms with E-state index >= 15 is 0 Å². The van der Waals surface area contributed by atoms with Gasteiger partial charge in [-0.15, -0.1) is 0 Å². The van der Waals surface area contributed by atoms with Crippen LogP contribution < -0.4 is 10.2 Å². The Morgan fingerprint density at radius 2 is 1.82 bits per heavy atom. The van der Waals surface area contributed by atoms with Gasteiger partial charge in [-0.05, 0) is 30.3 Å². The second-order valence-electron chi connectivity index (χ2n) is 4.62. The van der Waals surface area contributed by atoms with Crippen molar-refractivity contribution in [3.05, 3.63) is 58.6 Å².